The van der Waals surface area contributed by atoms with Crippen LogP contribution in [0.3, 0.4) is 0 Å². The number of aromatic nitrogens is 2. The second kappa shape index (κ2) is 6.24. The fourth-order valence-corrected chi connectivity index (χ4v) is 2.91. The minimum atomic E-state index is -0.00633. The van der Waals surface area contributed by atoms with Gasteiger partial charge in [0, 0.05) is 55.5 Å². The van der Waals surface area contributed by atoms with Gasteiger partial charge in [-0.05, 0) is 32.0 Å². The molecule has 3 heterocycles. The van der Waals surface area contributed by atoms with Crippen molar-refractivity contribution in [1.29, 1.82) is 0 Å². The van der Waals surface area contributed by atoms with Crippen LogP contribution in [0.4, 0.5) is 0 Å². The number of aromatic amines is 1. The lowest BCUT2D eigenvalue weighted by atomic mass is 10.1. The summed E-state index contributed by atoms with van der Waals surface area (Å²) < 4.78 is 0. The molecule has 2 aromatic heterocycles. The molecule has 6 nitrogen and oxygen atoms in total. The van der Waals surface area contributed by atoms with Gasteiger partial charge in [-0.3, -0.25) is 14.6 Å². The first-order chi connectivity index (χ1) is 11.1. The lowest BCUT2D eigenvalue weighted by molar-refractivity contribution is 0.0535. The number of rotatable bonds is 2. The van der Waals surface area contributed by atoms with E-state index in [4.69, 9.17) is 0 Å². The van der Waals surface area contributed by atoms with E-state index in [9.17, 15) is 9.59 Å². The van der Waals surface area contributed by atoms with Crippen LogP contribution < -0.4 is 0 Å². The van der Waals surface area contributed by atoms with E-state index >= 15 is 0 Å². The molecule has 0 radical (unpaired) electrons. The Balaban J connectivity index is 1.63. The SMILES string of the molecule is Cc1cc(C(=O)N2CCN(C(=O)c3ccncc3)CC2)c(C)[nH]1. The molecule has 0 aliphatic carbocycles. The van der Waals surface area contributed by atoms with Crippen molar-refractivity contribution in [3.63, 3.8) is 0 Å². The van der Waals surface area contributed by atoms with Crippen molar-refractivity contribution in [2.75, 3.05) is 26.2 Å². The molecule has 2 amide bonds. The van der Waals surface area contributed by atoms with Gasteiger partial charge in [0.1, 0.15) is 0 Å². The van der Waals surface area contributed by atoms with Crippen LogP contribution in [-0.2, 0) is 0 Å². The Morgan fingerprint density at radius 2 is 1.57 bits per heavy atom. The maximum Gasteiger partial charge on any atom is 0.255 e. The summed E-state index contributed by atoms with van der Waals surface area (Å²) in [5, 5.41) is 0. The molecule has 120 valence electrons. The maximum atomic E-state index is 12.6. The van der Waals surface area contributed by atoms with Crippen molar-refractivity contribution in [3.05, 3.63) is 53.1 Å². The van der Waals surface area contributed by atoms with Crippen molar-refractivity contribution < 1.29 is 9.59 Å². The molecule has 1 N–H and O–H groups in total. The van der Waals surface area contributed by atoms with Gasteiger partial charge in [0.2, 0.25) is 0 Å². The first kappa shape index (κ1) is 15.3. The summed E-state index contributed by atoms with van der Waals surface area (Å²) in [4.78, 5) is 35.6. The summed E-state index contributed by atoms with van der Waals surface area (Å²) >= 11 is 0. The summed E-state index contributed by atoms with van der Waals surface area (Å²) in [5.41, 5.74) is 3.23. The highest BCUT2D eigenvalue weighted by molar-refractivity contribution is 5.96. The number of aryl methyl sites for hydroxylation is 2. The van der Waals surface area contributed by atoms with Crippen LogP contribution in [0.15, 0.2) is 30.6 Å². The highest BCUT2D eigenvalue weighted by atomic mass is 16.2. The monoisotopic (exact) mass is 312 g/mol. The molecule has 0 bridgehead atoms. The molecular formula is C17H20N4O2. The molecule has 3 rings (SSSR count). The third kappa shape index (κ3) is 3.11. The van der Waals surface area contributed by atoms with Gasteiger partial charge in [0.05, 0.1) is 5.56 Å². The number of pyridine rings is 1. The van der Waals surface area contributed by atoms with E-state index in [1.165, 1.54) is 0 Å². The Kier molecular flexibility index (Phi) is 4.14. The topological polar surface area (TPSA) is 69.3 Å². The van der Waals surface area contributed by atoms with Gasteiger partial charge >= 0.3 is 0 Å². The first-order valence-corrected chi connectivity index (χ1v) is 7.71. The average Bonchev–Trinajstić information content (AvgIpc) is 2.93. The average molecular weight is 312 g/mol. The number of H-pyrrole nitrogens is 1. The van der Waals surface area contributed by atoms with Crippen molar-refractivity contribution in [3.8, 4) is 0 Å². The zero-order chi connectivity index (χ0) is 16.4. The molecule has 1 fully saturated rings. The Bertz CT molecular complexity index is 715. The standard InChI is InChI=1S/C17H20N4O2/c1-12-11-15(13(2)19-12)17(23)21-9-7-20(8-10-21)16(22)14-3-5-18-6-4-14/h3-6,11,19H,7-10H2,1-2H3. The van der Waals surface area contributed by atoms with Crippen LogP contribution in [0.5, 0.6) is 0 Å². The van der Waals surface area contributed by atoms with Crippen molar-refractivity contribution in [1.82, 2.24) is 19.8 Å². The molecule has 23 heavy (non-hydrogen) atoms. The van der Waals surface area contributed by atoms with E-state index in [1.54, 1.807) is 29.4 Å². The highest BCUT2D eigenvalue weighted by Crippen LogP contribution is 2.15. The van der Waals surface area contributed by atoms with Crippen LogP contribution in [0, 0.1) is 13.8 Å². The van der Waals surface area contributed by atoms with Crippen LogP contribution >= 0.6 is 0 Å². The Morgan fingerprint density at radius 1 is 1.00 bits per heavy atom. The first-order valence-electron chi connectivity index (χ1n) is 7.71. The number of hydrogen-bond acceptors (Lipinski definition) is 3. The van der Waals surface area contributed by atoms with Gasteiger partial charge in [-0.2, -0.15) is 0 Å². The molecule has 1 aliphatic rings. The predicted molar refractivity (Wildman–Crippen MR) is 86.3 cm³/mol. The number of amides is 2. The van der Waals surface area contributed by atoms with Crippen LogP contribution in [0.25, 0.3) is 0 Å². The van der Waals surface area contributed by atoms with Gasteiger partial charge < -0.3 is 14.8 Å². The van der Waals surface area contributed by atoms with Crippen molar-refractivity contribution in [2.24, 2.45) is 0 Å². The molecule has 0 saturated carbocycles. The smallest absolute Gasteiger partial charge is 0.255 e. The van der Waals surface area contributed by atoms with E-state index in [2.05, 4.69) is 9.97 Å². The number of nitrogens with one attached hydrogen (secondary N) is 1. The predicted octanol–water partition coefficient (Wildman–Crippen LogP) is 1.62. The molecule has 0 aromatic carbocycles. The quantitative estimate of drug-likeness (QED) is 0.916. The number of nitrogens with zero attached hydrogens (tertiary/aromatic N) is 3. The minimum absolute atomic E-state index is 0.00633. The number of carbonyl (C=O) groups is 2. The molecule has 2 aromatic rings. The lowest BCUT2D eigenvalue weighted by Gasteiger charge is -2.34. The van der Waals surface area contributed by atoms with Crippen molar-refractivity contribution in [2.45, 2.75) is 13.8 Å². The summed E-state index contributed by atoms with van der Waals surface area (Å²) in [7, 11) is 0. The summed E-state index contributed by atoms with van der Waals surface area (Å²) in [6.45, 7) is 6.06. The van der Waals surface area contributed by atoms with E-state index in [0.717, 1.165) is 17.0 Å². The molecule has 1 aliphatic heterocycles. The molecule has 1 saturated heterocycles. The zero-order valence-electron chi connectivity index (χ0n) is 13.4. The van der Waals surface area contributed by atoms with Crippen LogP contribution in [-0.4, -0.2) is 57.8 Å². The number of piperazine rings is 1. The summed E-state index contributed by atoms with van der Waals surface area (Å²) in [6, 6.07) is 5.31. The summed E-state index contributed by atoms with van der Waals surface area (Å²) in [6.07, 6.45) is 3.23. The van der Waals surface area contributed by atoms with Crippen molar-refractivity contribution >= 4 is 11.8 Å². The lowest BCUT2D eigenvalue weighted by Crippen LogP contribution is -2.50. The third-order valence-corrected chi connectivity index (χ3v) is 4.16. The third-order valence-electron chi connectivity index (χ3n) is 4.16. The molecule has 6 heteroatoms. The van der Waals surface area contributed by atoms with Gasteiger partial charge in [0.15, 0.2) is 0 Å². The normalized spacial score (nSPS) is 14.9. The van der Waals surface area contributed by atoms with Crippen LogP contribution in [0.1, 0.15) is 32.1 Å². The van der Waals surface area contributed by atoms with E-state index in [1.807, 2.05) is 24.8 Å². The maximum absolute atomic E-state index is 12.6. The molecular weight excluding hydrogens is 292 g/mol. The van der Waals surface area contributed by atoms with Crippen LogP contribution in [0.2, 0.25) is 0 Å². The van der Waals surface area contributed by atoms with Gasteiger partial charge in [0.25, 0.3) is 11.8 Å². The summed E-state index contributed by atoms with van der Waals surface area (Å²) in [5.74, 6) is 0.0241. The molecule has 0 unspecified atom stereocenters. The van der Waals surface area contributed by atoms with E-state index in [-0.39, 0.29) is 11.8 Å². The fourth-order valence-electron chi connectivity index (χ4n) is 2.91. The second-order valence-electron chi connectivity index (χ2n) is 5.81. The zero-order valence-corrected chi connectivity index (χ0v) is 13.4. The molecule has 0 spiro atoms. The Labute approximate surface area is 135 Å². The van der Waals surface area contributed by atoms with Gasteiger partial charge in [-0.15, -0.1) is 0 Å². The number of hydrogen-bond donors (Lipinski definition) is 1. The van der Waals surface area contributed by atoms with Gasteiger partial charge in [-0.25, -0.2) is 0 Å². The molecule has 0 atom stereocenters. The largest absolute Gasteiger partial charge is 0.362 e. The fraction of sp³-hybridized carbons (Fsp3) is 0.353. The van der Waals surface area contributed by atoms with E-state index in [0.29, 0.717) is 31.7 Å². The van der Waals surface area contributed by atoms with Gasteiger partial charge in [-0.1, -0.05) is 0 Å². The number of carbonyl (C=O) groups excluding carboxylic acids is 2. The van der Waals surface area contributed by atoms with E-state index < -0.39 is 0 Å². The second-order valence-corrected chi connectivity index (χ2v) is 5.81. The Morgan fingerprint density at radius 3 is 2.09 bits per heavy atom. The Hall–Kier alpha value is -2.63. The minimum Gasteiger partial charge on any atom is -0.362 e. The highest BCUT2D eigenvalue weighted by Gasteiger charge is 2.26.